The molecule has 0 spiro atoms. The zero-order chi connectivity index (χ0) is 17.2. The molecule has 0 saturated carbocycles. The summed E-state index contributed by atoms with van der Waals surface area (Å²) < 4.78 is 15.2. The minimum atomic E-state index is -0.280. The maximum absolute atomic E-state index is 13.6. The largest absolute Gasteiger partial charge is 0.345 e. The molecule has 0 fully saturated rings. The molecule has 2 aromatic carbocycles. The molecule has 5 nitrogen and oxygen atoms in total. The van der Waals surface area contributed by atoms with E-state index in [-0.39, 0.29) is 17.8 Å². The number of rotatable bonds is 3. The number of thioether (sulfide) groups is 1. The molecule has 1 aromatic heterocycles. The van der Waals surface area contributed by atoms with Crippen LogP contribution in [0.4, 0.5) is 4.39 Å². The van der Waals surface area contributed by atoms with E-state index in [0.29, 0.717) is 5.56 Å². The number of fused-ring (bicyclic) bond motifs is 1. The third-order valence-electron chi connectivity index (χ3n) is 4.13. The average molecular weight is 354 g/mol. The molecule has 1 aliphatic rings. The van der Waals surface area contributed by atoms with Crippen LogP contribution in [0.2, 0.25) is 0 Å². The van der Waals surface area contributed by atoms with E-state index in [9.17, 15) is 9.18 Å². The van der Waals surface area contributed by atoms with Crippen molar-refractivity contribution in [1.29, 1.82) is 0 Å². The third kappa shape index (κ3) is 3.28. The molecular weight excluding hydrogens is 339 g/mol. The molecule has 4 rings (SSSR count). The van der Waals surface area contributed by atoms with Gasteiger partial charge in [-0.15, -0.1) is 11.8 Å². The van der Waals surface area contributed by atoms with Crippen molar-refractivity contribution in [3.63, 3.8) is 0 Å². The van der Waals surface area contributed by atoms with Gasteiger partial charge in [0.05, 0.1) is 11.7 Å². The van der Waals surface area contributed by atoms with Crippen molar-refractivity contribution in [1.82, 2.24) is 20.1 Å². The van der Waals surface area contributed by atoms with E-state index < -0.39 is 0 Å². The second-order valence-electron chi connectivity index (χ2n) is 5.73. The van der Waals surface area contributed by atoms with E-state index in [1.165, 1.54) is 18.5 Å². The van der Waals surface area contributed by atoms with Gasteiger partial charge in [-0.25, -0.2) is 14.1 Å². The predicted molar refractivity (Wildman–Crippen MR) is 93.3 cm³/mol. The van der Waals surface area contributed by atoms with Crippen molar-refractivity contribution in [2.24, 2.45) is 0 Å². The molecule has 0 aliphatic carbocycles. The smallest absolute Gasteiger partial charge is 0.251 e. The van der Waals surface area contributed by atoms with E-state index in [1.807, 2.05) is 12.1 Å². The summed E-state index contributed by atoms with van der Waals surface area (Å²) in [4.78, 5) is 17.5. The lowest BCUT2D eigenvalue weighted by molar-refractivity contribution is 0.0935. The van der Waals surface area contributed by atoms with Crippen molar-refractivity contribution >= 4 is 17.7 Å². The summed E-state index contributed by atoms with van der Waals surface area (Å²) in [5, 5.41) is 7.07. The van der Waals surface area contributed by atoms with Crippen LogP contribution in [-0.2, 0) is 0 Å². The minimum Gasteiger partial charge on any atom is -0.345 e. The second kappa shape index (κ2) is 6.68. The molecule has 3 aromatic rings. The number of carbonyl (C=O) groups is 1. The molecule has 25 heavy (non-hydrogen) atoms. The van der Waals surface area contributed by atoms with Crippen molar-refractivity contribution in [2.45, 2.75) is 17.4 Å². The van der Waals surface area contributed by atoms with Gasteiger partial charge in [0, 0.05) is 16.2 Å². The average Bonchev–Trinajstić information content (AvgIpc) is 3.17. The molecule has 0 saturated heterocycles. The summed E-state index contributed by atoms with van der Waals surface area (Å²) in [6, 6.07) is 11.7. The van der Waals surface area contributed by atoms with E-state index >= 15 is 0 Å². The fraction of sp³-hybridized carbons (Fsp3) is 0.167. The highest BCUT2D eigenvalue weighted by Crippen LogP contribution is 2.36. The normalized spacial score (nSPS) is 16.3. The molecule has 0 radical (unpaired) electrons. The quantitative estimate of drug-likeness (QED) is 0.783. The number of nitrogens with zero attached hydrogens (tertiary/aromatic N) is 3. The molecular formula is C18H15FN4OS. The van der Waals surface area contributed by atoms with Gasteiger partial charge in [0.25, 0.3) is 5.91 Å². The van der Waals surface area contributed by atoms with Crippen LogP contribution in [0.3, 0.4) is 0 Å². The molecule has 1 atom stereocenters. The summed E-state index contributed by atoms with van der Waals surface area (Å²) in [5.41, 5.74) is 2.24. The lowest BCUT2D eigenvalue weighted by atomic mass is 10.0. The maximum Gasteiger partial charge on any atom is 0.251 e. The van der Waals surface area contributed by atoms with Crippen molar-refractivity contribution < 1.29 is 9.18 Å². The Labute approximate surface area is 148 Å². The summed E-state index contributed by atoms with van der Waals surface area (Å²) in [5.74, 6) is 0.449. The Kier molecular flexibility index (Phi) is 4.23. The molecule has 1 aliphatic heterocycles. The Morgan fingerprint density at radius 2 is 2.08 bits per heavy atom. The first-order chi connectivity index (χ1) is 12.2. The third-order valence-corrected chi connectivity index (χ3v) is 5.25. The lowest BCUT2D eigenvalue weighted by Gasteiger charge is -2.26. The van der Waals surface area contributed by atoms with Gasteiger partial charge in [0.1, 0.15) is 18.5 Å². The fourth-order valence-electron chi connectivity index (χ4n) is 2.86. The number of nitrogens with one attached hydrogen (secondary N) is 1. The van der Waals surface area contributed by atoms with Gasteiger partial charge in [0.2, 0.25) is 0 Å². The SMILES string of the molecule is O=C(NC1CCSc2ccc(F)cc21)c1ccc(-n2cncn2)cc1. The Morgan fingerprint density at radius 1 is 1.24 bits per heavy atom. The van der Waals surface area contributed by atoms with Crippen LogP contribution in [0.5, 0.6) is 0 Å². The lowest BCUT2D eigenvalue weighted by Crippen LogP contribution is -2.30. The predicted octanol–water partition coefficient (Wildman–Crippen LogP) is 3.37. The van der Waals surface area contributed by atoms with Crippen LogP contribution in [0.15, 0.2) is 60.0 Å². The van der Waals surface area contributed by atoms with Crippen molar-refractivity contribution in [3.05, 3.63) is 72.1 Å². The number of aromatic nitrogens is 3. The van der Waals surface area contributed by atoms with Crippen LogP contribution >= 0.6 is 11.8 Å². The summed E-state index contributed by atoms with van der Waals surface area (Å²) >= 11 is 1.69. The zero-order valence-electron chi connectivity index (χ0n) is 13.2. The topological polar surface area (TPSA) is 59.8 Å². The van der Waals surface area contributed by atoms with Gasteiger partial charge in [0.15, 0.2) is 0 Å². The summed E-state index contributed by atoms with van der Waals surface area (Å²) in [6.07, 6.45) is 3.84. The molecule has 0 bridgehead atoms. The summed E-state index contributed by atoms with van der Waals surface area (Å²) in [7, 11) is 0. The van der Waals surface area contributed by atoms with E-state index in [2.05, 4.69) is 15.4 Å². The second-order valence-corrected chi connectivity index (χ2v) is 6.87. The molecule has 2 heterocycles. The van der Waals surface area contributed by atoms with Crippen LogP contribution in [0, 0.1) is 5.82 Å². The fourth-order valence-corrected chi connectivity index (χ4v) is 3.97. The number of hydrogen-bond acceptors (Lipinski definition) is 4. The number of amides is 1. The van der Waals surface area contributed by atoms with Gasteiger partial charge < -0.3 is 5.32 Å². The standard InChI is InChI=1S/C18H15FN4OS/c19-13-3-6-17-15(9-13)16(7-8-25-17)22-18(24)12-1-4-14(5-2-12)23-11-20-10-21-23/h1-6,9-11,16H,7-8H2,(H,22,24). The molecule has 1 amide bonds. The first-order valence-corrected chi connectivity index (χ1v) is 8.87. The van der Waals surface area contributed by atoms with E-state index in [4.69, 9.17) is 0 Å². The van der Waals surface area contributed by atoms with Gasteiger partial charge in [-0.3, -0.25) is 4.79 Å². The maximum atomic E-state index is 13.6. The number of benzene rings is 2. The Morgan fingerprint density at radius 3 is 2.84 bits per heavy atom. The highest BCUT2D eigenvalue weighted by atomic mass is 32.2. The first-order valence-electron chi connectivity index (χ1n) is 7.89. The van der Waals surface area contributed by atoms with Gasteiger partial charge in [-0.2, -0.15) is 5.10 Å². The van der Waals surface area contributed by atoms with Crippen LogP contribution in [-0.4, -0.2) is 26.4 Å². The zero-order valence-corrected chi connectivity index (χ0v) is 14.0. The Hall–Kier alpha value is -2.67. The van der Waals surface area contributed by atoms with Crippen LogP contribution in [0.25, 0.3) is 5.69 Å². The van der Waals surface area contributed by atoms with Gasteiger partial charge in [-0.05, 0) is 54.4 Å². The van der Waals surface area contributed by atoms with Crippen molar-refractivity contribution in [3.8, 4) is 5.69 Å². The number of halogens is 1. The minimum absolute atomic E-state index is 0.169. The van der Waals surface area contributed by atoms with Crippen LogP contribution in [0.1, 0.15) is 28.4 Å². The van der Waals surface area contributed by atoms with Crippen molar-refractivity contribution in [2.75, 3.05) is 5.75 Å². The molecule has 1 unspecified atom stereocenters. The first kappa shape index (κ1) is 15.8. The molecule has 7 heteroatoms. The number of hydrogen-bond donors (Lipinski definition) is 1. The number of carbonyl (C=O) groups excluding carboxylic acids is 1. The van der Waals surface area contributed by atoms with Gasteiger partial charge >= 0.3 is 0 Å². The molecule has 126 valence electrons. The van der Waals surface area contributed by atoms with Crippen LogP contribution < -0.4 is 5.32 Å². The Balaban J connectivity index is 1.52. The summed E-state index contributed by atoms with van der Waals surface area (Å²) in [6.45, 7) is 0. The van der Waals surface area contributed by atoms with E-state index in [0.717, 1.165) is 28.3 Å². The Bertz CT molecular complexity index is 896. The highest BCUT2D eigenvalue weighted by molar-refractivity contribution is 7.99. The highest BCUT2D eigenvalue weighted by Gasteiger charge is 2.23. The van der Waals surface area contributed by atoms with Gasteiger partial charge in [-0.1, -0.05) is 0 Å². The van der Waals surface area contributed by atoms with E-state index in [1.54, 1.807) is 41.0 Å². The monoisotopic (exact) mass is 354 g/mol. The molecule has 1 N–H and O–H groups in total.